The van der Waals surface area contributed by atoms with Gasteiger partial charge in [0.25, 0.3) is 0 Å². The van der Waals surface area contributed by atoms with Crippen molar-refractivity contribution in [2.75, 3.05) is 64.9 Å². The molecular formula is C24H34N6O4. The normalized spacial score (nSPS) is 13.4. The standard InChI is InChI=1S/C24H34N6O4/c1-5-11-30(24(32)25-6-2)17-23(31)29-14-12-28(13-15-29)22-10-9-20(26-27-22)19-8-7-18(33-3)16-21(19)34-4/h7-10,16H,5-6,11-15,17H2,1-4H3,(H,25,32). The fourth-order valence-electron chi connectivity index (χ4n) is 3.88. The fourth-order valence-corrected chi connectivity index (χ4v) is 3.88. The number of piperazine rings is 1. The molecular weight excluding hydrogens is 436 g/mol. The van der Waals surface area contributed by atoms with Gasteiger partial charge in [0, 0.05) is 50.9 Å². The number of anilines is 1. The van der Waals surface area contributed by atoms with Crippen LogP contribution in [0.3, 0.4) is 0 Å². The number of amides is 3. The summed E-state index contributed by atoms with van der Waals surface area (Å²) in [6.45, 7) is 7.50. The monoisotopic (exact) mass is 470 g/mol. The van der Waals surface area contributed by atoms with Crippen LogP contribution >= 0.6 is 0 Å². The maximum absolute atomic E-state index is 12.8. The van der Waals surface area contributed by atoms with Gasteiger partial charge in [-0.2, -0.15) is 0 Å². The predicted octanol–water partition coefficient (Wildman–Crippen LogP) is 2.25. The summed E-state index contributed by atoms with van der Waals surface area (Å²) in [6.07, 6.45) is 0.801. The van der Waals surface area contributed by atoms with Crippen molar-refractivity contribution in [3.8, 4) is 22.8 Å². The minimum Gasteiger partial charge on any atom is -0.497 e. The number of benzene rings is 1. The molecule has 1 aromatic carbocycles. The molecule has 34 heavy (non-hydrogen) atoms. The van der Waals surface area contributed by atoms with E-state index < -0.39 is 0 Å². The summed E-state index contributed by atoms with van der Waals surface area (Å²) in [7, 11) is 3.22. The predicted molar refractivity (Wildman–Crippen MR) is 130 cm³/mol. The van der Waals surface area contributed by atoms with Gasteiger partial charge in [-0.15, -0.1) is 10.2 Å². The van der Waals surface area contributed by atoms with Gasteiger partial charge < -0.3 is 29.5 Å². The van der Waals surface area contributed by atoms with E-state index in [1.807, 2.05) is 49.1 Å². The molecule has 1 N–H and O–H groups in total. The van der Waals surface area contributed by atoms with Gasteiger partial charge in [0.05, 0.1) is 19.9 Å². The first kappa shape index (κ1) is 25.1. The van der Waals surface area contributed by atoms with Crippen LogP contribution in [0.25, 0.3) is 11.3 Å². The highest BCUT2D eigenvalue weighted by Crippen LogP contribution is 2.32. The zero-order chi connectivity index (χ0) is 24.5. The number of rotatable bonds is 9. The van der Waals surface area contributed by atoms with Crippen molar-refractivity contribution in [1.29, 1.82) is 0 Å². The molecule has 0 bridgehead atoms. The molecule has 0 atom stereocenters. The third kappa shape index (κ3) is 6.06. The van der Waals surface area contributed by atoms with Gasteiger partial charge in [0.1, 0.15) is 18.0 Å². The number of methoxy groups -OCH3 is 2. The van der Waals surface area contributed by atoms with E-state index >= 15 is 0 Å². The Morgan fingerprint density at radius 2 is 1.79 bits per heavy atom. The van der Waals surface area contributed by atoms with E-state index in [1.165, 1.54) is 0 Å². The zero-order valence-electron chi connectivity index (χ0n) is 20.4. The molecule has 0 radical (unpaired) electrons. The van der Waals surface area contributed by atoms with Crippen LogP contribution in [0.2, 0.25) is 0 Å². The second-order valence-electron chi connectivity index (χ2n) is 7.97. The van der Waals surface area contributed by atoms with Gasteiger partial charge in [-0.3, -0.25) is 4.79 Å². The number of urea groups is 1. The van der Waals surface area contributed by atoms with Crippen molar-refractivity contribution in [3.63, 3.8) is 0 Å². The van der Waals surface area contributed by atoms with Gasteiger partial charge in [-0.05, 0) is 37.6 Å². The Labute approximate surface area is 200 Å². The number of hydrogen-bond acceptors (Lipinski definition) is 7. The highest BCUT2D eigenvalue weighted by molar-refractivity contribution is 5.84. The van der Waals surface area contributed by atoms with Crippen LogP contribution in [-0.4, -0.2) is 92.0 Å². The summed E-state index contributed by atoms with van der Waals surface area (Å²) in [5.74, 6) is 2.10. The van der Waals surface area contributed by atoms with Crippen molar-refractivity contribution < 1.29 is 19.1 Å². The first-order valence-corrected chi connectivity index (χ1v) is 11.6. The Morgan fingerprint density at radius 3 is 2.38 bits per heavy atom. The first-order valence-electron chi connectivity index (χ1n) is 11.6. The Kier molecular flexibility index (Phi) is 8.89. The summed E-state index contributed by atoms with van der Waals surface area (Å²) in [5, 5.41) is 11.6. The first-order chi connectivity index (χ1) is 16.5. The van der Waals surface area contributed by atoms with Crippen LogP contribution < -0.4 is 19.7 Å². The molecule has 0 saturated carbocycles. The molecule has 3 rings (SSSR count). The lowest BCUT2D eigenvalue weighted by molar-refractivity contribution is -0.132. The van der Waals surface area contributed by atoms with Crippen molar-refractivity contribution in [2.45, 2.75) is 20.3 Å². The van der Waals surface area contributed by atoms with Crippen molar-refractivity contribution in [3.05, 3.63) is 30.3 Å². The lowest BCUT2D eigenvalue weighted by atomic mass is 10.1. The van der Waals surface area contributed by atoms with Crippen LogP contribution in [0.15, 0.2) is 30.3 Å². The fraction of sp³-hybridized carbons (Fsp3) is 0.500. The van der Waals surface area contributed by atoms with E-state index in [0.29, 0.717) is 56.5 Å². The van der Waals surface area contributed by atoms with Gasteiger partial charge in [0.15, 0.2) is 5.82 Å². The Bertz CT molecular complexity index is 960. The van der Waals surface area contributed by atoms with Crippen molar-refractivity contribution >= 4 is 17.8 Å². The molecule has 0 aliphatic carbocycles. The molecule has 184 valence electrons. The third-order valence-corrected chi connectivity index (χ3v) is 5.73. The number of aromatic nitrogens is 2. The average Bonchev–Trinajstić information content (AvgIpc) is 2.88. The maximum atomic E-state index is 12.8. The van der Waals surface area contributed by atoms with Gasteiger partial charge in [0.2, 0.25) is 5.91 Å². The Morgan fingerprint density at radius 1 is 1.03 bits per heavy atom. The van der Waals surface area contributed by atoms with E-state index in [0.717, 1.165) is 17.8 Å². The highest BCUT2D eigenvalue weighted by atomic mass is 16.5. The summed E-state index contributed by atoms with van der Waals surface area (Å²) >= 11 is 0. The summed E-state index contributed by atoms with van der Waals surface area (Å²) < 4.78 is 10.7. The lowest BCUT2D eigenvalue weighted by Crippen LogP contribution is -2.53. The number of ether oxygens (including phenoxy) is 2. The quantitative estimate of drug-likeness (QED) is 0.600. The van der Waals surface area contributed by atoms with Gasteiger partial charge in [-0.25, -0.2) is 4.79 Å². The van der Waals surface area contributed by atoms with Crippen LogP contribution in [0.1, 0.15) is 20.3 Å². The number of carbonyl (C=O) groups excluding carboxylic acids is 2. The minimum atomic E-state index is -0.194. The lowest BCUT2D eigenvalue weighted by Gasteiger charge is -2.36. The van der Waals surface area contributed by atoms with Crippen LogP contribution in [-0.2, 0) is 4.79 Å². The molecule has 1 saturated heterocycles. The molecule has 10 heteroatoms. The molecule has 0 spiro atoms. The average molecular weight is 471 g/mol. The van der Waals surface area contributed by atoms with E-state index in [9.17, 15) is 9.59 Å². The second kappa shape index (κ2) is 12.1. The van der Waals surface area contributed by atoms with E-state index in [4.69, 9.17) is 9.47 Å². The highest BCUT2D eigenvalue weighted by Gasteiger charge is 2.25. The minimum absolute atomic E-state index is 0.0348. The molecule has 10 nitrogen and oxygen atoms in total. The third-order valence-electron chi connectivity index (χ3n) is 5.73. The SMILES string of the molecule is CCCN(CC(=O)N1CCN(c2ccc(-c3ccc(OC)cc3OC)nn2)CC1)C(=O)NCC. The molecule has 2 aromatic rings. The number of nitrogens with one attached hydrogen (secondary N) is 1. The Balaban J connectivity index is 1.59. The summed E-state index contributed by atoms with van der Waals surface area (Å²) in [4.78, 5) is 30.5. The molecule has 1 aromatic heterocycles. The number of nitrogens with zero attached hydrogens (tertiary/aromatic N) is 5. The van der Waals surface area contributed by atoms with Crippen molar-refractivity contribution in [1.82, 2.24) is 25.3 Å². The molecule has 1 fully saturated rings. The van der Waals surface area contributed by atoms with E-state index in [-0.39, 0.29) is 18.5 Å². The number of hydrogen-bond donors (Lipinski definition) is 1. The maximum Gasteiger partial charge on any atom is 0.317 e. The second-order valence-corrected chi connectivity index (χ2v) is 7.97. The molecule has 1 aliphatic rings. The van der Waals surface area contributed by atoms with E-state index in [2.05, 4.69) is 20.4 Å². The summed E-state index contributed by atoms with van der Waals surface area (Å²) in [5.41, 5.74) is 1.54. The topological polar surface area (TPSA) is 100 Å². The number of carbonyl (C=O) groups is 2. The largest absolute Gasteiger partial charge is 0.497 e. The van der Waals surface area contributed by atoms with E-state index in [1.54, 1.807) is 19.1 Å². The van der Waals surface area contributed by atoms with Gasteiger partial charge >= 0.3 is 6.03 Å². The van der Waals surface area contributed by atoms with Crippen LogP contribution in [0, 0.1) is 0 Å². The van der Waals surface area contributed by atoms with Gasteiger partial charge in [-0.1, -0.05) is 6.92 Å². The van der Waals surface area contributed by atoms with Crippen LogP contribution in [0.4, 0.5) is 10.6 Å². The molecule has 3 amide bonds. The molecule has 1 aliphatic heterocycles. The smallest absolute Gasteiger partial charge is 0.317 e. The molecule has 2 heterocycles. The summed E-state index contributed by atoms with van der Waals surface area (Å²) in [6, 6.07) is 9.22. The molecule has 0 unspecified atom stereocenters. The van der Waals surface area contributed by atoms with Crippen molar-refractivity contribution in [2.24, 2.45) is 0 Å². The zero-order valence-corrected chi connectivity index (χ0v) is 20.4. The Hall–Kier alpha value is -3.56. The van der Waals surface area contributed by atoms with Crippen LogP contribution in [0.5, 0.6) is 11.5 Å².